The SMILES string of the molecule is COc1ccc(NC(=O)Cn2cc(S(C)(=O)=O)cn2)cc1Cl. The molecular formula is C13H14ClN3O4S. The van der Waals surface area contributed by atoms with E-state index in [0.717, 1.165) is 6.26 Å². The predicted molar refractivity (Wildman–Crippen MR) is 82.0 cm³/mol. The van der Waals surface area contributed by atoms with Crippen molar-refractivity contribution in [3.8, 4) is 5.75 Å². The lowest BCUT2D eigenvalue weighted by molar-refractivity contribution is -0.116. The van der Waals surface area contributed by atoms with Gasteiger partial charge in [-0.25, -0.2) is 8.42 Å². The van der Waals surface area contributed by atoms with Crippen LogP contribution in [0.4, 0.5) is 5.69 Å². The molecule has 1 heterocycles. The summed E-state index contributed by atoms with van der Waals surface area (Å²) in [5.74, 6) is 0.147. The molecular weight excluding hydrogens is 330 g/mol. The van der Waals surface area contributed by atoms with E-state index in [1.807, 2.05) is 0 Å². The van der Waals surface area contributed by atoms with Gasteiger partial charge in [0.1, 0.15) is 17.2 Å². The van der Waals surface area contributed by atoms with Gasteiger partial charge in [-0.3, -0.25) is 9.48 Å². The van der Waals surface area contributed by atoms with Gasteiger partial charge in [0.2, 0.25) is 5.91 Å². The molecule has 0 aliphatic heterocycles. The van der Waals surface area contributed by atoms with E-state index in [1.54, 1.807) is 18.2 Å². The minimum Gasteiger partial charge on any atom is -0.495 e. The van der Waals surface area contributed by atoms with E-state index in [0.29, 0.717) is 16.5 Å². The Balaban J connectivity index is 2.04. The molecule has 2 rings (SSSR count). The number of halogens is 1. The highest BCUT2D eigenvalue weighted by Crippen LogP contribution is 2.27. The van der Waals surface area contributed by atoms with E-state index in [9.17, 15) is 13.2 Å². The number of hydrogen-bond acceptors (Lipinski definition) is 5. The van der Waals surface area contributed by atoms with Crippen LogP contribution in [0.25, 0.3) is 0 Å². The molecule has 0 spiro atoms. The van der Waals surface area contributed by atoms with Gasteiger partial charge in [0, 0.05) is 18.1 Å². The first-order valence-corrected chi connectivity index (χ1v) is 8.42. The van der Waals surface area contributed by atoms with Gasteiger partial charge in [-0.2, -0.15) is 5.10 Å². The summed E-state index contributed by atoms with van der Waals surface area (Å²) in [7, 11) is -1.84. The second kappa shape index (κ2) is 6.37. The van der Waals surface area contributed by atoms with Gasteiger partial charge in [-0.15, -0.1) is 0 Å². The Bertz CT molecular complexity index is 801. The zero-order valence-electron chi connectivity index (χ0n) is 11.9. The van der Waals surface area contributed by atoms with Gasteiger partial charge in [-0.1, -0.05) is 11.6 Å². The molecule has 2 aromatic rings. The second-order valence-corrected chi connectivity index (χ2v) is 6.97. The van der Waals surface area contributed by atoms with Crippen molar-refractivity contribution in [2.45, 2.75) is 11.4 Å². The van der Waals surface area contributed by atoms with Crippen LogP contribution in [0, 0.1) is 0 Å². The standard InChI is InChI=1S/C13H14ClN3O4S/c1-21-12-4-3-9(5-11(12)14)16-13(18)8-17-7-10(6-15-17)22(2,19)20/h3-7H,8H2,1-2H3,(H,16,18). The van der Waals surface area contributed by atoms with E-state index in [2.05, 4.69) is 10.4 Å². The van der Waals surface area contributed by atoms with Crippen molar-refractivity contribution >= 4 is 33.0 Å². The maximum absolute atomic E-state index is 11.9. The number of benzene rings is 1. The third kappa shape index (κ3) is 3.99. The molecule has 0 fully saturated rings. The summed E-state index contributed by atoms with van der Waals surface area (Å²) in [6.07, 6.45) is 3.58. The number of nitrogens with one attached hydrogen (secondary N) is 1. The zero-order valence-corrected chi connectivity index (χ0v) is 13.5. The lowest BCUT2D eigenvalue weighted by Crippen LogP contribution is -2.19. The Kier molecular flexibility index (Phi) is 4.72. The molecule has 1 N–H and O–H groups in total. The molecule has 7 nitrogen and oxygen atoms in total. The number of anilines is 1. The van der Waals surface area contributed by atoms with Gasteiger partial charge in [0.05, 0.1) is 18.3 Å². The normalized spacial score (nSPS) is 11.2. The average Bonchev–Trinajstić information content (AvgIpc) is 2.87. The van der Waals surface area contributed by atoms with Crippen molar-refractivity contribution in [1.82, 2.24) is 9.78 Å². The number of amides is 1. The lowest BCUT2D eigenvalue weighted by atomic mass is 10.3. The first-order chi connectivity index (χ1) is 10.3. The van der Waals surface area contributed by atoms with E-state index >= 15 is 0 Å². The summed E-state index contributed by atoms with van der Waals surface area (Å²) in [5.41, 5.74) is 0.506. The maximum atomic E-state index is 11.9. The Hall–Kier alpha value is -2.06. The molecule has 9 heteroatoms. The van der Waals surface area contributed by atoms with Crippen LogP contribution >= 0.6 is 11.6 Å². The first kappa shape index (κ1) is 16.3. The fourth-order valence-electron chi connectivity index (χ4n) is 1.71. The average molecular weight is 344 g/mol. The summed E-state index contributed by atoms with van der Waals surface area (Å²) < 4.78 is 28.9. The number of nitrogens with zero attached hydrogens (tertiary/aromatic N) is 2. The first-order valence-electron chi connectivity index (χ1n) is 6.15. The molecule has 0 saturated heterocycles. The van der Waals surface area contributed by atoms with Gasteiger partial charge >= 0.3 is 0 Å². The van der Waals surface area contributed by atoms with Crippen LogP contribution in [0.15, 0.2) is 35.5 Å². The number of carbonyl (C=O) groups is 1. The van der Waals surface area contributed by atoms with Crippen LogP contribution in [-0.2, 0) is 21.2 Å². The number of sulfone groups is 1. The van der Waals surface area contributed by atoms with Crippen molar-refractivity contribution in [3.05, 3.63) is 35.6 Å². The smallest absolute Gasteiger partial charge is 0.246 e. The van der Waals surface area contributed by atoms with E-state index in [1.165, 1.54) is 24.2 Å². The van der Waals surface area contributed by atoms with Gasteiger partial charge in [0.25, 0.3) is 0 Å². The molecule has 1 amide bonds. The highest BCUT2D eigenvalue weighted by molar-refractivity contribution is 7.90. The van der Waals surface area contributed by atoms with Crippen LogP contribution in [-0.4, -0.2) is 37.5 Å². The van der Waals surface area contributed by atoms with Gasteiger partial charge in [0.15, 0.2) is 9.84 Å². The fourth-order valence-corrected chi connectivity index (χ4v) is 2.52. The third-order valence-corrected chi connectivity index (χ3v) is 4.14. The number of hydrogen-bond donors (Lipinski definition) is 1. The molecule has 0 aliphatic rings. The summed E-state index contributed by atoms with van der Waals surface area (Å²) in [6.45, 7) is -0.112. The number of methoxy groups -OCH3 is 1. The van der Waals surface area contributed by atoms with Gasteiger partial charge < -0.3 is 10.1 Å². The molecule has 0 atom stereocenters. The zero-order chi connectivity index (χ0) is 16.3. The largest absolute Gasteiger partial charge is 0.495 e. The van der Waals surface area contributed by atoms with Crippen molar-refractivity contribution in [3.63, 3.8) is 0 Å². The van der Waals surface area contributed by atoms with Gasteiger partial charge in [-0.05, 0) is 18.2 Å². The molecule has 0 radical (unpaired) electrons. The fraction of sp³-hybridized carbons (Fsp3) is 0.231. The summed E-state index contributed by atoms with van der Waals surface area (Å²) in [4.78, 5) is 12.0. The van der Waals surface area contributed by atoms with E-state index in [-0.39, 0.29) is 17.3 Å². The maximum Gasteiger partial charge on any atom is 0.246 e. The Labute approximate surface area is 132 Å². The van der Waals surface area contributed by atoms with E-state index in [4.69, 9.17) is 16.3 Å². The number of rotatable bonds is 5. The van der Waals surface area contributed by atoms with Crippen LogP contribution in [0.2, 0.25) is 5.02 Å². The quantitative estimate of drug-likeness (QED) is 0.890. The molecule has 0 bridgehead atoms. The Morgan fingerprint density at radius 3 is 2.73 bits per heavy atom. The Morgan fingerprint density at radius 1 is 1.45 bits per heavy atom. The number of aromatic nitrogens is 2. The summed E-state index contributed by atoms with van der Waals surface area (Å²) in [5, 5.41) is 6.85. The lowest BCUT2D eigenvalue weighted by Gasteiger charge is -2.08. The van der Waals surface area contributed by atoms with Crippen LogP contribution in [0.5, 0.6) is 5.75 Å². The molecule has 0 saturated carbocycles. The molecule has 0 unspecified atom stereocenters. The van der Waals surface area contributed by atoms with Crippen LogP contribution in [0.3, 0.4) is 0 Å². The second-order valence-electron chi connectivity index (χ2n) is 4.54. The summed E-state index contributed by atoms with van der Waals surface area (Å²) in [6, 6.07) is 4.84. The van der Waals surface area contributed by atoms with Crippen LogP contribution < -0.4 is 10.1 Å². The number of ether oxygens (including phenoxy) is 1. The molecule has 22 heavy (non-hydrogen) atoms. The third-order valence-electron chi connectivity index (χ3n) is 2.78. The van der Waals surface area contributed by atoms with Crippen molar-refractivity contribution in [2.24, 2.45) is 0 Å². The minimum atomic E-state index is -3.34. The molecule has 0 aliphatic carbocycles. The minimum absolute atomic E-state index is 0.0628. The van der Waals surface area contributed by atoms with Crippen molar-refractivity contribution in [2.75, 3.05) is 18.7 Å². The van der Waals surface area contributed by atoms with E-state index < -0.39 is 9.84 Å². The Morgan fingerprint density at radius 2 is 2.18 bits per heavy atom. The van der Waals surface area contributed by atoms with Crippen molar-refractivity contribution < 1.29 is 17.9 Å². The topological polar surface area (TPSA) is 90.3 Å². The summed E-state index contributed by atoms with van der Waals surface area (Å²) >= 11 is 5.97. The van der Waals surface area contributed by atoms with Crippen molar-refractivity contribution in [1.29, 1.82) is 0 Å². The highest BCUT2D eigenvalue weighted by atomic mass is 35.5. The molecule has 1 aromatic heterocycles. The number of carbonyl (C=O) groups excluding carboxylic acids is 1. The molecule has 118 valence electrons. The monoisotopic (exact) mass is 343 g/mol. The highest BCUT2D eigenvalue weighted by Gasteiger charge is 2.12. The molecule has 1 aromatic carbocycles. The predicted octanol–water partition coefficient (Wildman–Crippen LogP) is 1.59. The van der Waals surface area contributed by atoms with Crippen LogP contribution in [0.1, 0.15) is 0 Å².